The van der Waals surface area contributed by atoms with Crippen molar-refractivity contribution in [2.45, 2.75) is 26.3 Å². The predicted molar refractivity (Wildman–Crippen MR) is 99.8 cm³/mol. The van der Waals surface area contributed by atoms with Gasteiger partial charge < -0.3 is 25.2 Å². The van der Waals surface area contributed by atoms with E-state index in [0.717, 1.165) is 13.1 Å². The third-order valence-corrected chi connectivity index (χ3v) is 4.32. The number of carbonyl (C=O) groups excluding carboxylic acids is 1. The number of thiocarbonyl (C=S) groups is 1. The van der Waals surface area contributed by atoms with Crippen molar-refractivity contribution < 1.29 is 27.6 Å². The molecule has 0 unspecified atom stereocenters. The first-order valence-electron chi connectivity index (χ1n) is 8.67. The standard InChI is InChI=1S/C17H23F3N4O2S/c1-12(2)21-15(25)11-23-7-9-24(10-8-23)16(27)22-13-3-5-14(6-4-13)26-17(18,19)20/h3-6,12H,7-11H2,1-2H3,(H,21,25)(H,22,27)/p+1. The highest BCUT2D eigenvalue weighted by Gasteiger charge is 2.31. The Kier molecular flexibility index (Phi) is 7.25. The van der Waals surface area contributed by atoms with Gasteiger partial charge in [-0.3, -0.25) is 4.79 Å². The summed E-state index contributed by atoms with van der Waals surface area (Å²) in [6.07, 6.45) is -4.71. The van der Waals surface area contributed by atoms with Crippen molar-refractivity contribution in [3.8, 4) is 5.75 Å². The third-order valence-electron chi connectivity index (χ3n) is 3.96. The molecule has 3 N–H and O–H groups in total. The molecule has 1 fully saturated rings. The normalized spacial score (nSPS) is 15.6. The number of halogens is 3. The van der Waals surface area contributed by atoms with Crippen LogP contribution in [0.3, 0.4) is 0 Å². The van der Waals surface area contributed by atoms with Crippen LogP contribution >= 0.6 is 12.2 Å². The summed E-state index contributed by atoms with van der Waals surface area (Å²) in [6.45, 7) is 7.26. The molecule has 1 saturated heterocycles. The van der Waals surface area contributed by atoms with E-state index in [0.29, 0.717) is 30.4 Å². The highest BCUT2D eigenvalue weighted by atomic mass is 32.1. The minimum absolute atomic E-state index is 0.0373. The van der Waals surface area contributed by atoms with Crippen molar-refractivity contribution in [3.63, 3.8) is 0 Å². The fourth-order valence-corrected chi connectivity index (χ4v) is 3.05. The zero-order chi connectivity index (χ0) is 20.0. The number of quaternary nitrogens is 1. The van der Waals surface area contributed by atoms with E-state index in [1.54, 1.807) is 0 Å². The van der Waals surface area contributed by atoms with Gasteiger partial charge in [0.25, 0.3) is 5.91 Å². The molecule has 0 radical (unpaired) electrons. The molecule has 1 aliphatic heterocycles. The minimum Gasteiger partial charge on any atom is -0.406 e. The number of piperazine rings is 1. The van der Waals surface area contributed by atoms with Gasteiger partial charge in [0.05, 0.1) is 26.2 Å². The number of hydrogen-bond acceptors (Lipinski definition) is 3. The van der Waals surface area contributed by atoms with Crippen molar-refractivity contribution in [2.24, 2.45) is 0 Å². The number of alkyl halides is 3. The summed E-state index contributed by atoms with van der Waals surface area (Å²) in [5.74, 6) is -0.244. The lowest BCUT2D eigenvalue weighted by atomic mass is 10.3. The van der Waals surface area contributed by atoms with Gasteiger partial charge in [-0.05, 0) is 50.3 Å². The van der Waals surface area contributed by atoms with Crippen LogP contribution in [0.5, 0.6) is 5.75 Å². The number of anilines is 1. The number of carbonyl (C=O) groups is 1. The van der Waals surface area contributed by atoms with E-state index in [1.807, 2.05) is 18.7 Å². The largest absolute Gasteiger partial charge is 0.573 e. The van der Waals surface area contributed by atoms with Gasteiger partial charge in [-0.1, -0.05) is 0 Å². The molecule has 0 saturated carbocycles. The Morgan fingerprint density at radius 2 is 1.85 bits per heavy atom. The van der Waals surface area contributed by atoms with Gasteiger partial charge in [0, 0.05) is 11.7 Å². The van der Waals surface area contributed by atoms with Crippen LogP contribution in [0.15, 0.2) is 24.3 Å². The van der Waals surface area contributed by atoms with Crippen molar-refractivity contribution in [1.82, 2.24) is 10.2 Å². The van der Waals surface area contributed by atoms with Crippen LogP contribution in [0.2, 0.25) is 0 Å². The van der Waals surface area contributed by atoms with Gasteiger partial charge in [0.1, 0.15) is 5.75 Å². The van der Waals surface area contributed by atoms with Gasteiger partial charge >= 0.3 is 6.36 Å². The van der Waals surface area contributed by atoms with Crippen molar-refractivity contribution in [2.75, 3.05) is 38.0 Å². The summed E-state index contributed by atoms with van der Waals surface area (Å²) < 4.78 is 40.4. The summed E-state index contributed by atoms with van der Waals surface area (Å²) in [4.78, 5) is 15.0. The van der Waals surface area contributed by atoms with Crippen LogP contribution in [0, 0.1) is 0 Å². The van der Waals surface area contributed by atoms with Gasteiger partial charge in [-0.15, -0.1) is 13.2 Å². The maximum Gasteiger partial charge on any atom is 0.573 e. The summed E-state index contributed by atoms with van der Waals surface area (Å²) >= 11 is 5.37. The number of benzene rings is 1. The highest BCUT2D eigenvalue weighted by Crippen LogP contribution is 2.24. The maximum atomic E-state index is 12.2. The molecule has 1 aliphatic rings. The third kappa shape index (κ3) is 7.59. The van der Waals surface area contributed by atoms with Gasteiger partial charge in [-0.25, -0.2) is 0 Å². The molecule has 1 amide bonds. The molecule has 1 aromatic carbocycles. The molecular weight excluding hydrogens is 381 g/mol. The van der Waals surface area contributed by atoms with E-state index >= 15 is 0 Å². The van der Waals surface area contributed by atoms with E-state index < -0.39 is 6.36 Å². The first kappa shape index (κ1) is 21.2. The quantitative estimate of drug-likeness (QED) is 0.639. The van der Waals surface area contributed by atoms with E-state index in [4.69, 9.17) is 12.2 Å². The zero-order valence-electron chi connectivity index (χ0n) is 15.2. The topological polar surface area (TPSA) is 58.0 Å². The van der Waals surface area contributed by atoms with Gasteiger partial charge in [0.15, 0.2) is 11.7 Å². The molecule has 150 valence electrons. The van der Waals surface area contributed by atoms with Crippen LogP contribution in [0.4, 0.5) is 18.9 Å². The molecular formula is C17H24F3N4O2S+. The lowest BCUT2D eigenvalue weighted by Gasteiger charge is -2.33. The molecule has 0 aromatic heterocycles. The lowest BCUT2D eigenvalue weighted by Crippen LogP contribution is -3.16. The monoisotopic (exact) mass is 405 g/mol. The smallest absolute Gasteiger partial charge is 0.406 e. The molecule has 1 heterocycles. The summed E-state index contributed by atoms with van der Waals surface area (Å²) in [5.41, 5.74) is 0.584. The van der Waals surface area contributed by atoms with Crippen LogP contribution in [-0.2, 0) is 4.79 Å². The average Bonchev–Trinajstić information content (AvgIpc) is 2.55. The van der Waals surface area contributed by atoms with Crippen LogP contribution in [-0.4, -0.2) is 61.0 Å². The Balaban J connectivity index is 1.78. The second-order valence-corrected chi connectivity index (χ2v) is 7.03. The SMILES string of the molecule is CC(C)NC(=O)C[NH+]1CCN(C(=S)Nc2ccc(OC(F)(F)F)cc2)CC1. The van der Waals surface area contributed by atoms with E-state index in [1.165, 1.54) is 29.2 Å². The molecule has 10 heteroatoms. The molecule has 0 atom stereocenters. The maximum absolute atomic E-state index is 12.2. The van der Waals surface area contributed by atoms with Crippen LogP contribution < -0.4 is 20.3 Å². The summed E-state index contributed by atoms with van der Waals surface area (Å²) in [6, 6.07) is 5.54. The molecule has 0 aliphatic carbocycles. The Morgan fingerprint density at radius 1 is 1.26 bits per heavy atom. The molecule has 2 rings (SSSR count). The van der Waals surface area contributed by atoms with Gasteiger partial charge in [-0.2, -0.15) is 0 Å². The van der Waals surface area contributed by atoms with Crippen LogP contribution in [0.25, 0.3) is 0 Å². The Labute approximate surface area is 161 Å². The number of hydrogen-bond donors (Lipinski definition) is 3. The fraction of sp³-hybridized carbons (Fsp3) is 0.529. The Morgan fingerprint density at radius 3 is 2.37 bits per heavy atom. The number of amides is 1. The number of nitrogens with zero attached hydrogens (tertiary/aromatic N) is 1. The summed E-state index contributed by atoms with van der Waals surface area (Å²) in [5, 5.41) is 6.40. The molecule has 1 aromatic rings. The average molecular weight is 405 g/mol. The number of ether oxygens (including phenoxy) is 1. The van der Waals surface area contributed by atoms with E-state index in [9.17, 15) is 18.0 Å². The lowest BCUT2D eigenvalue weighted by molar-refractivity contribution is -0.895. The van der Waals surface area contributed by atoms with Gasteiger partial charge in [0.2, 0.25) is 0 Å². The Hall–Kier alpha value is -2.07. The molecule has 27 heavy (non-hydrogen) atoms. The molecule has 6 nitrogen and oxygen atoms in total. The molecule has 0 bridgehead atoms. The minimum atomic E-state index is -4.71. The van der Waals surface area contributed by atoms with Crippen molar-refractivity contribution in [3.05, 3.63) is 24.3 Å². The van der Waals surface area contributed by atoms with Crippen LogP contribution in [0.1, 0.15) is 13.8 Å². The fourth-order valence-electron chi connectivity index (χ4n) is 2.75. The molecule has 0 spiro atoms. The predicted octanol–water partition coefficient (Wildman–Crippen LogP) is 1.01. The van der Waals surface area contributed by atoms with Crippen molar-refractivity contribution in [1.29, 1.82) is 0 Å². The second-order valence-electron chi connectivity index (χ2n) is 6.64. The Bertz CT molecular complexity index is 645. The first-order chi connectivity index (χ1) is 12.6. The summed E-state index contributed by atoms with van der Waals surface area (Å²) in [7, 11) is 0. The second kappa shape index (κ2) is 9.23. The first-order valence-corrected chi connectivity index (χ1v) is 9.08. The number of nitrogens with one attached hydrogen (secondary N) is 3. The number of rotatable bonds is 5. The van der Waals surface area contributed by atoms with E-state index in [2.05, 4.69) is 15.4 Å². The zero-order valence-corrected chi connectivity index (χ0v) is 16.0. The van der Waals surface area contributed by atoms with E-state index in [-0.39, 0.29) is 17.7 Å². The van der Waals surface area contributed by atoms with Crippen molar-refractivity contribution >= 4 is 28.9 Å². The highest BCUT2D eigenvalue weighted by molar-refractivity contribution is 7.80.